The quantitative estimate of drug-likeness (QED) is 0.323. The minimum atomic E-state index is -2.16. The molecule has 0 saturated carbocycles. The molecule has 0 radical (unpaired) electrons. The molecule has 6 heteroatoms. The minimum absolute atomic E-state index is 0.423. The van der Waals surface area contributed by atoms with Gasteiger partial charge >= 0.3 is 0 Å². The number of hydrogen-bond donors (Lipinski definition) is 0. The Bertz CT molecular complexity index is 360. The molecule has 0 saturated heterocycles. The normalized spacial score (nSPS) is 13.0. The van der Waals surface area contributed by atoms with Crippen LogP contribution in [0.5, 0.6) is 0 Å². The summed E-state index contributed by atoms with van der Waals surface area (Å²) in [7, 11) is 0. The largest absolute Gasteiger partial charge is 0.203 e. The van der Waals surface area contributed by atoms with E-state index in [1.54, 1.807) is 0 Å². The van der Waals surface area contributed by atoms with Gasteiger partial charge in [0.25, 0.3) is 0 Å². The Morgan fingerprint density at radius 1 is 0.867 bits per heavy atom. The third kappa shape index (κ3) is 2.22. The third-order valence-electron chi connectivity index (χ3n) is 1.79. The van der Waals surface area contributed by atoms with Gasteiger partial charge in [0.05, 0.1) is 0 Å². The predicted octanol–water partition coefficient (Wildman–Crippen LogP) is 3.55. The van der Waals surface area contributed by atoms with Gasteiger partial charge < -0.3 is 0 Å². The lowest BCUT2D eigenvalue weighted by Crippen LogP contribution is -2.10. The summed E-state index contributed by atoms with van der Waals surface area (Å²) < 4.78 is 63.8. The average molecular weight is 245 g/mol. The molecule has 0 amide bonds. The van der Waals surface area contributed by atoms with E-state index in [2.05, 4.69) is 0 Å². The second-order valence-electron chi connectivity index (χ2n) is 3.03. The van der Waals surface area contributed by atoms with Gasteiger partial charge in [-0.3, -0.25) is 0 Å². The molecule has 1 rings (SSSR count). The van der Waals surface area contributed by atoms with Gasteiger partial charge in [-0.05, 0) is 13.3 Å². The van der Waals surface area contributed by atoms with Crippen LogP contribution in [-0.2, 0) is 6.42 Å². The second kappa shape index (κ2) is 4.35. The molecule has 1 aromatic rings. The Kier molecular flexibility index (Phi) is 3.54. The highest BCUT2D eigenvalue weighted by molar-refractivity contribution is 6.20. The van der Waals surface area contributed by atoms with E-state index in [-0.39, 0.29) is 0 Å². The van der Waals surface area contributed by atoms with Gasteiger partial charge in [-0.1, -0.05) is 0 Å². The highest BCUT2D eigenvalue weighted by Crippen LogP contribution is 2.24. The third-order valence-corrected chi connectivity index (χ3v) is 1.94. The van der Waals surface area contributed by atoms with Crippen LogP contribution in [0.3, 0.4) is 0 Å². The summed E-state index contributed by atoms with van der Waals surface area (Å²) in [5, 5.41) is -0.724. The van der Waals surface area contributed by atoms with Crippen LogP contribution >= 0.6 is 11.6 Å². The van der Waals surface area contributed by atoms with Crippen LogP contribution in [0.4, 0.5) is 22.0 Å². The first-order valence-corrected chi connectivity index (χ1v) is 4.44. The van der Waals surface area contributed by atoms with Crippen molar-refractivity contribution >= 4 is 11.6 Å². The molecule has 1 atom stereocenters. The lowest BCUT2D eigenvalue weighted by Gasteiger charge is -2.08. The van der Waals surface area contributed by atoms with Crippen LogP contribution in [0.25, 0.3) is 0 Å². The van der Waals surface area contributed by atoms with Gasteiger partial charge in [0.1, 0.15) is 0 Å². The Labute approximate surface area is 87.7 Å². The van der Waals surface area contributed by atoms with E-state index in [1.165, 1.54) is 6.92 Å². The fraction of sp³-hybridized carbons (Fsp3) is 0.333. The van der Waals surface area contributed by atoms with Gasteiger partial charge in [0.15, 0.2) is 23.3 Å². The van der Waals surface area contributed by atoms with Crippen LogP contribution in [-0.4, -0.2) is 5.38 Å². The predicted molar refractivity (Wildman–Crippen MR) is 45.3 cm³/mol. The molecule has 0 bridgehead atoms. The summed E-state index contributed by atoms with van der Waals surface area (Å²) in [5.74, 6) is -9.68. The number of rotatable bonds is 2. The second-order valence-corrected chi connectivity index (χ2v) is 3.78. The molecule has 0 aliphatic heterocycles. The number of halogens is 6. The smallest absolute Gasteiger partial charge is 0.200 e. The number of benzene rings is 1. The lowest BCUT2D eigenvalue weighted by molar-refractivity contribution is 0.370. The number of hydrogen-bond acceptors (Lipinski definition) is 0. The molecule has 1 aromatic carbocycles. The minimum Gasteiger partial charge on any atom is -0.203 e. The zero-order chi connectivity index (χ0) is 11.7. The van der Waals surface area contributed by atoms with E-state index in [4.69, 9.17) is 11.6 Å². The Morgan fingerprint density at radius 2 is 1.20 bits per heavy atom. The van der Waals surface area contributed by atoms with Gasteiger partial charge in [-0.2, -0.15) is 0 Å². The topological polar surface area (TPSA) is 0 Å². The first kappa shape index (κ1) is 12.2. The van der Waals surface area contributed by atoms with E-state index in [0.717, 1.165) is 0 Å². The maximum Gasteiger partial charge on any atom is 0.200 e. The highest BCUT2D eigenvalue weighted by Gasteiger charge is 2.25. The van der Waals surface area contributed by atoms with Crippen LogP contribution in [0.1, 0.15) is 12.5 Å². The monoisotopic (exact) mass is 244 g/mol. The molecular formula is C9H6ClF5. The van der Waals surface area contributed by atoms with Crippen molar-refractivity contribution in [2.75, 3.05) is 0 Å². The molecule has 0 heterocycles. The van der Waals surface area contributed by atoms with Crippen LogP contribution < -0.4 is 0 Å². The van der Waals surface area contributed by atoms with Crippen molar-refractivity contribution in [1.82, 2.24) is 0 Å². The standard InChI is InChI=1S/C9H6ClF5/c1-3(10)2-4-5(11)7(13)9(15)8(14)6(4)12/h3H,2H2,1H3. The van der Waals surface area contributed by atoms with Crippen molar-refractivity contribution in [2.45, 2.75) is 18.7 Å². The maximum atomic E-state index is 13.0. The SMILES string of the molecule is CC(Cl)Cc1c(F)c(F)c(F)c(F)c1F. The van der Waals surface area contributed by atoms with E-state index in [0.29, 0.717) is 0 Å². The highest BCUT2D eigenvalue weighted by atomic mass is 35.5. The van der Waals surface area contributed by atoms with Crippen molar-refractivity contribution in [2.24, 2.45) is 0 Å². The molecule has 15 heavy (non-hydrogen) atoms. The first-order chi connectivity index (χ1) is 6.86. The van der Waals surface area contributed by atoms with Crippen molar-refractivity contribution in [3.63, 3.8) is 0 Å². The summed E-state index contributed by atoms with van der Waals surface area (Å²) >= 11 is 5.43. The Hall–Kier alpha value is -0.840. The van der Waals surface area contributed by atoms with Crippen LogP contribution in [0.2, 0.25) is 0 Å². The molecule has 0 N–H and O–H groups in total. The van der Waals surface area contributed by atoms with Crippen molar-refractivity contribution < 1.29 is 22.0 Å². The van der Waals surface area contributed by atoms with E-state index in [9.17, 15) is 22.0 Å². The van der Waals surface area contributed by atoms with Gasteiger partial charge in [0, 0.05) is 10.9 Å². The van der Waals surface area contributed by atoms with Gasteiger partial charge in [-0.25, -0.2) is 22.0 Å². The average Bonchev–Trinajstić information content (AvgIpc) is 2.18. The summed E-state index contributed by atoms with van der Waals surface area (Å²) in [4.78, 5) is 0. The molecule has 0 nitrogen and oxygen atoms in total. The van der Waals surface area contributed by atoms with E-state index < -0.39 is 46.4 Å². The Morgan fingerprint density at radius 3 is 1.53 bits per heavy atom. The van der Waals surface area contributed by atoms with Crippen molar-refractivity contribution in [1.29, 1.82) is 0 Å². The molecule has 0 aromatic heterocycles. The maximum absolute atomic E-state index is 13.0. The lowest BCUT2D eigenvalue weighted by atomic mass is 10.1. The first-order valence-electron chi connectivity index (χ1n) is 4.00. The van der Waals surface area contributed by atoms with Gasteiger partial charge in [-0.15, -0.1) is 11.6 Å². The van der Waals surface area contributed by atoms with E-state index >= 15 is 0 Å². The van der Waals surface area contributed by atoms with Gasteiger partial charge in [0.2, 0.25) is 5.82 Å². The Balaban J connectivity index is 3.39. The summed E-state index contributed by atoms with van der Waals surface area (Å²) in [6.45, 7) is 1.39. The fourth-order valence-electron chi connectivity index (χ4n) is 1.11. The number of alkyl halides is 1. The summed E-state index contributed by atoms with van der Waals surface area (Å²) in [6.07, 6.45) is -0.423. The zero-order valence-corrected chi connectivity index (χ0v) is 8.31. The van der Waals surface area contributed by atoms with E-state index in [1.807, 2.05) is 0 Å². The van der Waals surface area contributed by atoms with Crippen LogP contribution in [0.15, 0.2) is 0 Å². The molecule has 0 fully saturated rings. The molecule has 0 spiro atoms. The molecule has 1 unspecified atom stereocenters. The summed E-state index contributed by atoms with van der Waals surface area (Å²) in [5.41, 5.74) is -0.881. The molecule has 84 valence electrons. The fourth-order valence-corrected chi connectivity index (χ4v) is 1.27. The molecule has 0 aliphatic rings. The van der Waals surface area contributed by atoms with Crippen molar-refractivity contribution in [3.8, 4) is 0 Å². The summed E-state index contributed by atoms with van der Waals surface area (Å²) in [6, 6.07) is 0. The molecular weight excluding hydrogens is 239 g/mol. The van der Waals surface area contributed by atoms with Crippen LogP contribution in [0, 0.1) is 29.1 Å². The zero-order valence-electron chi connectivity index (χ0n) is 7.55. The van der Waals surface area contributed by atoms with Crippen molar-refractivity contribution in [3.05, 3.63) is 34.6 Å². The molecule has 0 aliphatic carbocycles.